The molecule has 1 heterocycles. The van der Waals surface area contributed by atoms with Gasteiger partial charge in [-0.1, -0.05) is 0 Å². The highest BCUT2D eigenvalue weighted by Gasteiger charge is 2.22. The summed E-state index contributed by atoms with van der Waals surface area (Å²) in [5.41, 5.74) is 0.339. The van der Waals surface area contributed by atoms with Crippen LogP contribution in [0.15, 0.2) is 0 Å². The molecule has 1 aromatic rings. The van der Waals surface area contributed by atoms with Crippen LogP contribution in [0.1, 0.15) is 29.9 Å². The Kier molecular flexibility index (Phi) is 3.77. The van der Waals surface area contributed by atoms with Gasteiger partial charge in [0.2, 0.25) is 0 Å². The lowest BCUT2D eigenvalue weighted by molar-refractivity contribution is 0.0342. The molecule has 1 rings (SSSR count). The molecule has 6 heteroatoms. The molecule has 0 bridgehead atoms. The third-order valence-electron chi connectivity index (χ3n) is 2.67. The minimum absolute atomic E-state index is 0.208. The Bertz CT molecular complexity index is 424. The third kappa shape index (κ3) is 2.97. The molecule has 0 atom stereocenters. The molecule has 0 radical (unpaired) electrons. The van der Waals surface area contributed by atoms with Crippen molar-refractivity contribution in [3.63, 3.8) is 0 Å². The molecule has 96 valence electrons. The summed E-state index contributed by atoms with van der Waals surface area (Å²) < 4.78 is 6.80. The highest BCUT2D eigenvalue weighted by Crippen LogP contribution is 2.20. The van der Waals surface area contributed by atoms with E-state index in [9.17, 15) is 4.79 Å². The van der Waals surface area contributed by atoms with Crippen LogP contribution < -0.4 is 5.32 Å². The number of carboxylic acid groups (broad SMARTS) is 1. The summed E-state index contributed by atoms with van der Waals surface area (Å²) in [7, 11) is 3.33. The number of carboxylic acids is 1. The summed E-state index contributed by atoms with van der Waals surface area (Å²) in [6.45, 7) is 6.02. The lowest BCUT2D eigenvalue weighted by atomic mass is 10.1. The Hall–Kier alpha value is -1.56. The first-order valence-corrected chi connectivity index (χ1v) is 5.34. The van der Waals surface area contributed by atoms with E-state index in [0.717, 1.165) is 0 Å². The highest BCUT2D eigenvalue weighted by molar-refractivity contribution is 5.94. The van der Waals surface area contributed by atoms with Gasteiger partial charge in [0.15, 0.2) is 0 Å². The molecule has 1 aromatic heterocycles. The molecular weight excluding hydrogens is 222 g/mol. The number of hydrogen-bond donors (Lipinski definition) is 2. The molecule has 0 aliphatic carbocycles. The van der Waals surface area contributed by atoms with Crippen LogP contribution in [0.25, 0.3) is 0 Å². The third-order valence-corrected chi connectivity index (χ3v) is 2.67. The number of rotatable bonds is 5. The lowest BCUT2D eigenvalue weighted by Gasteiger charge is -2.23. The van der Waals surface area contributed by atoms with Crippen LogP contribution in [-0.4, -0.2) is 40.1 Å². The number of aryl methyl sites for hydroxylation is 2. The van der Waals surface area contributed by atoms with E-state index in [-0.39, 0.29) is 11.2 Å². The molecule has 0 aliphatic heterocycles. The maximum atomic E-state index is 11.1. The van der Waals surface area contributed by atoms with Gasteiger partial charge in [-0.2, -0.15) is 5.10 Å². The first-order chi connectivity index (χ1) is 7.78. The number of anilines is 1. The summed E-state index contributed by atoms with van der Waals surface area (Å²) in [4.78, 5) is 11.1. The molecule has 0 saturated carbocycles. The number of methoxy groups -OCH3 is 1. The number of carbonyl (C=O) groups is 1. The van der Waals surface area contributed by atoms with Crippen molar-refractivity contribution in [2.24, 2.45) is 7.05 Å². The van der Waals surface area contributed by atoms with Gasteiger partial charge in [0.25, 0.3) is 0 Å². The van der Waals surface area contributed by atoms with Crippen LogP contribution >= 0.6 is 0 Å². The van der Waals surface area contributed by atoms with Gasteiger partial charge in [-0.3, -0.25) is 4.68 Å². The first kappa shape index (κ1) is 13.5. The Morgan fingerprint density at radius 1 is 1.59 bits per heavy atom. The van der Waals surface area contributed by atoms with Gasteiger partial charge in [-0.05, 0) is 20.8 Å². The van der Waals surface area contributed by atoms with Crippen molar-refractivity contribution < 1.29 is 14.6 Å². The van der Waals surface area contributed by atoms with Crippen molar-refractivity contribution in [1.82, 2.24) is 9.78 Å². The largest absolute Gasteiger partial charge is 0.477 e. The van der Waals surface area contributed by atoms with E-state index >= 15 is 0 Å². The molecule has 2 N–H and O–H groups in total. The van der Waals surface area contributed by atoms with Crippen LogP contribution in [-0.2, 0) is 11.8 Å². The quantitative estimate of drug-likeness (QED) is 0.811. The van der Waals surface area contributed by atoms with E-state index in [1.54, 1.807) is 21.1 Å². The second-order valence-corrected chi connectivity index (χ2v) is 4.56. The Morgan fingerprint density at radius 3 is 2.65 bits per heavy atom. The van der Waals surface area contributed by atoms with Gasteiger partial charge in [0.1, 0.15) is 11.4 Å². The van der Waals surface area contributed by atoms with Gasteiger partial charge in [0.05, 0.1) is 11.3 Å². The van der Waals surface area contributed by atoms with Gasteiger partial charge in [-0.15, -0.1) is 0 Å². The van der Waals surface area contributed by atoms with E-state index in [0.29, 0.717) is 18.1 Å². The number of ether oxygens (including phenoxy) is 1. The maximum absolute atomic E-state index is 11.1. The zero-order valence-corrected chi connectivity index (χ0v) is 10.9. The predicted molar refractivity (Wildman–Crippen MR) is 64.5 cm³/mol. The Balaban J connectivity index is 2.95. The van der Waals surface area contributed by atoms with Gasteiger partial charge in [-0.25, -0.2) is 4.79 Å². The summed E-state index contributed by atoms with van der Waals surface area (Å²) in [5, 5.41) is 16.3. The molecular formula is C11H19N3O3. The van der Waals surface area contributed by atoms with E-state index in [1.165, 1.54) is 4.68 Å². The summed E-state index contributed by atoms with van der Waals surface area (Å²) >= 11 is 0. The average molecular weight is 241 g/mol. The SMILES string of the molecule is COC(C)(C)CNc1c(C(=O)O)c(C)nn1C. The predicted octanol–water partition coefficient (Wildman–Crippen LogP) is 1.26. The van der Waals surface area contributed by atoms with Gasteiger partial charge < -0.3 is 15.2 Å². The van der Waals surface area contributed by atoms with Crippen LogP contribution in [0.5, 0.6) is 0 Å². The Morgan fingerprint density at radius 2 is 2.18 bits per heavy atom. The minimum atomic E-state index is -0.978. The van der Waals surface area contributed by atoms with Crippen molar-refractivity contribution in [3.05, 3.63) is 11.3 Å². The van der Waals surface area contributed by atoms with Crippen molar-refractivity contribution in [2.45, 2.75) is 26.4 Å². The van der Waals surface area contributed by atoms with Gasteiger partial charge in [0, 0.05) is 20.7 Å². The second kappa shape index (κ2) is 4.75. The molecule has 0 fully saturated rings. The molecule has 0 aromatic carbocycles. The van der Waals surface area contributed by atoms with E-state index in [4.69, 9.17) is 9.84 Å². The zero-order chi connectivity index (χ0) is 13.2. The van der Waals surface area contributed by atoms with Crippen LogP contribution in [0, 0.1) is 6.92 Å². The summed E-state index contributed by atoms with van der Waals surface area (Å²) in [6.07, 6.45) is 0. The number of hydrogen-bond acceptors (Lipinski definition) is 4. The normalized spacial score (nSPS) is 11.6. The molecule has 0 aliphatic rings. The minimum Gasteiger partial charge on any atom is -0.477 e. The van der Waals surface area contributed by atoms with E-state index in [2.05, 4.69) is 10.4 Å². The summed E-state index contributed by atoms with van der Waals surface area (Å²) in [6, 6.07) is 0. The fourth-order valence-electron chi connectivity index (χ4n) is 1.49. The Labute approximate surface area is 101 Å². The molecule has 0 unspecified atom stereocenters. The average Bonchev–Trinajstić information content (AvgIpc) is 2.50. The molecule has 0 saturated heterocycles. The number of nitrogens with one attached hydrogen (secondary N) is 1. The smallest absolute Gasteiger partial charge is 0.341 e. The highest BCUT2D eigenvalue weighted by atomic mass is 16.5. The van der Waals surface area contributed by atoms with Crippen LogP contribution in [0.2, 0.25) is 0 Å². The number of nitrogens with zero attached hydrogens (tertiary/aromatic N) is 2. The summed E-state index contributed by atoms with van der Waals surface area (Å²) in [5.74, 6) is -0.478. The van der Waals surface area contributed by atoms with Crippen molar-refractivity contribution in [1.29, 1.82) is 0 Å². The standard InChI is InChI=1S/C11H19N3O3/c1-7-8(10(15)16)9(14(4)13-7)12-6-11(2,3)17-5/h12H,6H2,1-5H3,(H,15,16). The van der Waals surface area contributed by atoms with E-state index in [1.807, 2.05) is 13.8 Å². The lowest BCUT2D eigenvalue weighted by Crippen LogP contribution is -2.33. The zero-order valence-electron chi connectivity index (χ0n) is 10.9. The topological polar surface area (TPSA) is 76.4 Å². The van der Waals surface area contributed by atoms with Crippen molar-refractivity contribution in [2.75, 3.05) is 19.0 Å². The monoisotopic (exact) mass is 241 g/mol. The van der Waals surface area contributed by atoms with Crippen molar-refractivity contribution >= 4 is 11.8 Å². The molecule has 0 spiro atoms. The molecule has 0 amide bonds. The van der Waals surface area contributed by atoms with E-state index < -0.39 is 5.97 Å². The number of aromatic nitrogens is 2. The fraction of sp³-hybridized carbons (Fsp3) is 0.636. The maximum Gasteiger partial charge on any atom is 0.341 e. The number of aromatic carboxylic acids is 1. The van der Waals surface area contributed by atoms with Crippen molar-refractivity contribution in [3.8, 4) is 0 Å². The molecule has 6 nitrogen and oxygen atoms in total. The first-order valence-electron chi connectivity index (χ1n) is 5.34. The second-order valence-electron chi connectivity index (χ2n) is 4.56. The van der Waals surface area contributed by atoms with Gasteiger partial charge >= 0.3 is 5.97 Å². The fourth-order valence-corrected chi connectivity index (χ4v) is 1.49. The molecule has 17 heavy (non-hydrogen) atoms. The van der Waals surface area contributed by atoms with Crippen LogP contribution in [0.3, 0.4) is 0 Å². The van der Waals surface area contributed by atoms with Crippen LogP contribution in [0.4, 0.5) is 5.82 Å².